The summed E-state index contributed by atoms with van der Waals surface area (Å²) in [6, 6.07) is 7.98. The number of ether oxygens (including phenoxy) is 5. The minimum absolute atomic E-state index is 0.0608. The number of aliphatic hydroxyl groups is 1. The Morgan fingerprint density at radius 1 is 1.12 bits per heavy atom. The summed E-state index contributed by atoms with van der Waals surface area (Å²) >= 11 is 6.82. The highest BCUT2D eigenvalue weighted by molar-refractivity contribution is 6.34. The van der Waals surface area contributed by atoms with Crippen LogP contribution in [0.4, 0.5) is 5.69 Å². The molecule has 3 heterocycles. The number of likely N-dealkylation sites (N-methyl/N-ethyl adjacent to an activating group) is 1. The Bertz CT molecular complexity index is 1960. The molecule has 5 rings (SSSR count). The largest absolute Gasteiger partial charge is 0.496 e. The smallest absolute Gasteiger partial charge is 0.328 e. The maximum absolute atomic E-state index is 14.3. The van der Waals surface area contributed by atoms with Gasteiger partial charge in [0.1, 0.15) is 41.3 Å². The molecule has 2 aromatic carbocycles. The quantitative estimate of drug-likeness (QED) is 0.229. The van der Waals surface area contributed by atoms with E-state index in [1.807, 2.05) is 39.0 Å². The van der Waals surface area contributed by atoms with Gasteiger partial charge in [-0.05, 0) is 87.4 Å². The second kappa shape index (κ2) is 17.9. The van der Waals surface area contributed by atoms with Crippen molar-refractivity contribution in [3.05, 3.63) is 81.4 Å². The van der Waals surface area contributed by atoms with E-state index in [-0.39, 0.29) is 31.1 Å². The Labute approximate surface area is 347 Å². The van der Waals surface area contributed by atoms with Crippen molar-refractivity contribution in [2.24, 2.45) is 11.8 Å². The topological polar surface area (TPSA) is 144 Å². The molecule has 4 bridgehead atoms. The van der Waals surface area contributed by atoms with Crippen LogP contribution in [0.1, 0.15) is 87.9 Å². The standard InChI is InChI=1S/C45H59ClN2O10/c1-25(2)17-32-21-31(15-16-34(32)54-10)42(51)47(8)29(6)43(52)57-37-22-38(49)48(9)33-20-30(19-27(4)40(33)46)18-26(3)13-12-14-36(55-11)45(53)23-35(56-39(50)24-45)28(5)41-44(37,7)58-41/h12-16,19-21,25,28-29,35-37,41,53H,17-18,22-24H2,1-11H3/b14-12+,26-13+/t28-,29+,35+,36-,37+,41+,44+,45-/m1/s1. The SMILES string of the molecule is COc1ccc(C(=O)N(C)[C@@H](C)C(=O)O[C@H]2CC(=O)N(C)c3cc(cc(C)c3Cl)C/C(C)=C/C=C/[C@@H](OC)[C@]3(O)CC(=O)O[C@@H](C3)[C@@H](C)[C@@H]3O[C@@]23C)cc1CC(C)C. The molecule has 3 aliphatic rings. The Balaban J connectivity index is 1.49. The molecule has 1 N–H and O–H groups in total. The van der Waals surface area contributed by atoms with E-state index in [1.54, 1.807) is 58.4 Å². The number of aryl methyl sites for hydroxylation is 1. The van der Waals surface area contributed by atoms with Crippen LogP contribution in [-0.2, 0) is 46.2 Å². The van der Waals surface area contributed by atoms with Crippen molar-refractivity contribution in [3.63, 3.8) is 0 Å². The number of nitrogens with zero attached hydrogens (tertiary/aromatic N) is 2. The third-order valence-electron chi connectivity index (χ3n) is 11.9. The molecule has 2 aromatic rings. The molecule has 0 spiro atoms. The molecular weight excluding hydrogens is 764 g/mol. The predicted molar refractivity (Wildman–Crippen MR) is 221 cm³/mol. The van der Waals surface area contributed by atoms with E-state index in [0.29, 0.717) is 40.8 Å². The van der Waals surface area contributed by atoms with Gasteiger partial charge >= 0.3 is 11.9 Å². The number of methoxy groups -OCH3 is 2. The molecule has 13 heteroatoms. The molecule has 58 heavy (non-hydrogen) atoms. The van der Waals surface area contributed by atoms with Crippen LogP contribution in [-0.4, -0.2) is 104 Å². The van der Waals surface area contributed by atoms with Crippen molar-refractivity contribution in [2.45, 2.75) is 122 Å². The van der Waals surface area contributed by atoms with Crippen LogP contribution in [0.5, 0.6) is 5.75 Å². The number of amides is 2. The van der Waals surface area contributed by atoms with Crippen LogP contribution in [0.2, 0.25) is 5.02 Å². The summed E-state index contributed by atoms with van der Waals surface area (Å²) in [5.41, 5.74) is 1.68. The Kier molecular flexibility index (Phi) is 13.9. The summed E-state index contributed by atoms with van der Waals surface area (Å²) in [6.45, 7) is 13.2. The lowest BCUT2D eigenvalue weighted by molar-refractivity contribution is -0.187. The van der Waals surface area contributed by atoms with Gasteiger partial charge in [-0.3, -0.25) is 14.4 Å². The molecule has 2 fully saturated rings. The van der Waals surface area contributed by atoms with E-state index in [4.69, 9.17) is 35.3 Å². The van der Waals surface area contributed by atoms with Crippen LogP contribution in [0, 0.1) is 18.8 Å². The average Bonchev–Trinajstić information content (AvgIpc) is 3.86. The van der Waals surface area contributed by atoms with Crippen molar-refractivity contribution in [1.29, 1.82) is 0 Å². The van der Waals surface area contributed by atoms with E-state index in [1.165, 1.54) is 24.0 Å². The zero-order valence-corrected chi connectivity index (χ0v) is 36.3. The van der Waals surface area contributed by atoms with Crippen LogP contribution in [0.25, 0.3) is 0 Å². The van der Waals surface area contributed by atoms with Crippen LogP contribution in [0.15, 0.2) is 54.1 Å². The fourth-order valence-corrected chi connectivity index (χ4v) is 8.42. The van der Waals surface area contributed by atoms with Gasteiger partial charge in [0.2, 0.25) is 5.91 Å². The van der Waals surface area contributed by atoms with E-state index >= 15 is 0 Å². The number of hydrogen-bond donors (Lipinski definition) is 1. The number of anilines is 1. The summed E-state index contributed by atoms with van der Waals surface area (Å²) < 4.78 is 29.6. The molecule has 12 nitrogen and oxygen atoms in total. The van der Waals surface area contributed by atoms with Gasteiger partial charge in [-0.15, -0.1) is 0 Å². The third-order valence-corrected chi connectivity index (χ3v) is 12.4. The molecule has 2 amide bonds. The summed E-state index contributed by atoms with van der Waals surface area (Å²) in [4.78, 5) is 57.9. The summed E-state index contributed by atoms with van der Waals surface area (Å²) in [5.74, 6) is -1.59. The Morgan fingerprint density at radius 3 is 2.48 bits per heavy atom. The Morgan fingerprint density at radius 2 is 1.83 bits per heavy atom. The number of halogens is 1. The second-order valence-corrected chi connectivity index (χ2v) is 17.2. The Hall–Kier alpha value is -4.23. The lowest BCUT2D eigenvalue weighted by Crippen LogP contribution is -2.53. The van der Waals surface area contributed by atoms with Crippen molar-refractivity contribution >= 4 is 41.0 Å². The zero-order chi connectivity index (χ0) is 42.9. The zero-order valence-electron chi connectivity index (χ0n) is 35.6. The van der Waals surface area contributed by atoms with Gasteiger partial charge in [0.25, 0.3) is 5.91 Å². The minimum atomic E-state index is -1.58. The summed E-state index contributed by atoms with van der Waals surface area (Å²) in [7, 11) is 6.22. The van der Waals surface area contributed by atoms with E-state index in [0.717, 1.165) is 22.3 Å². The number of carbonyl (C=O) groups excluding carboxylic acids is 4. The summed E-state index contributed by atoms with van der Waals surface area (Å²) in [5, 5.41) is 12.3. The maximum atomic E-state index is 14.3. The highest BCUT2D eigenvalue weighted by Gasteiger charge is 2.64. The molecule has 316 valence electrons. The first-order chi connectivity index (χ1) is 27.2. The van der Waals surface area contributed by atoms with E-state index < -0.39 is 59.5 Å². The minimum Gasteiger partial charge on any atom is -0.496 e. The number of benzene rings is 2. The van der Waals surface area contributed by atoms with Gasteiger partial charge in [-0.2, -0.15) is 0 Å². The molecule has 0 aromatic heterocycles. The van der Waals surface area contributed by atoms with Crippen LogP contribution < -0.4 is 9.64 Å². The molecular formula is C45H59ClN2O10. The molecule has 8 atom stereocenters. The molecule has 0 saturated carbocycles. The highest BCUT2D eigenvalue weighted by Crippen LogP contribution is 2.49. The van der Waals surface area contributed by atoms with E-state index in [2.05, 4.69) is 13.8 Å². The molecule has 0 aliphatic carbocycles. The fourth-order valence-electron chi connectivity index (χ4n) is 8.18. The van der Waals surface area contributed by atoms with Crippen LogP contribution in [0.3, 0.4) is 0 Å². The van der Waals surface area contributed by atoms with Crippen LogP contribution >= 0.6 is 11.6 Å². The maximum Gasteiger partial charge on any atom is 0.328 e. The number of rotatable bonds is 8. The molecule has 0 unspecified atom stereocenters. The molecule has 3 aliphatic heterocycles. The first kappa shape index (κ1) is 44.9. The van der Waals surface area contributed by atoms with E-state index in [9.17, 15) is 24.3 Å². The third kappa shape index (κ3) is 9.62. The number of carbonyl (C=O) groups is 4. The van der Waals surface area contributed by atoms with Crippen molar-refractivity contribution in [2.75, 3.05) is 33.2 Å². The van der Waals surface area contributed by atoms with Gasteiger partial charge < -0.3 is 38.6 Å². The highest BCUT2D eigenvalue weighted by atomic mass is 35.5. The van der Waals surface area contributed by atoms with Gasteiger partial charge in [-0.1, -0.05) is 62.2 Å². The lowest BCUT2D eigenvalue weighted by atomic mass is 9.78. The number of fused-ring (bicyclic) bond motifs is 5. The fraction of sp³-hybridized carbons (Fsp3) is 0.556. The second-order valence-electron chi connectivity index (χ2n) is 16.9. The van der Waals surface area contributed by atoms with Crippen molar-refractivity contribution in [1.82, 2.24) is 4.90 Å². The van der Waals surface area contributed by atoms with Gasteiger partial charge in [0.15, 0.2) is 0 Å². The lowest BCUT2D eigenvalue weighted by Gasteiger charge is -2.41. The predicted octanol–water partition coefficient (Wildman–Crippen LogP) is 6.58. The van der Waals surface area contributed by atoms with Crippen molar-refractivity contribution < 1.29 is 48.0 Å². The summed E-state index contributed by atoms with van der Waals surface area (Å²) in [6.07, 6.45) is 2.83. The number of epoxide rings is 1. The first-order valence-corrected chi connectivity index (χ1v) is 20.3. The van der Waals surface area contributed by atoms with Gasteiger partial charge in [0, 0.05) is 39.1 Å². The number of esters is 2. The average molecular weight is 823 g/mol. The van der Waals surface area contributed by atoms with Crippen molar-refractivity contribution in [3.8, 4) is 5.75 Å². The first-order valence-electron chi connectivity index (χ1n) is 19.9. The van der Waals surface area contributed by atoms with Gasteiger partial charge in [0.05, 0.1) is 36.8 Å². The normalized spacial score (nSPS) is 29.7. The molecule has 2 saturated heterocycles. The number of hydrogen-bond acceptors (Lipinski definition) is 10. The van der Waals surface area contributed by atoms with Gasteiger partial charge in [-0.25, -0.2) is 4.79 Å². The molecule has 0 radical (unpaired) electrons. The monoisotopic (exact) mass is 822 g/mol. The number of allylic oxidation sites excluding steroid dienone is 3.